The number of carbonyl (C=O) groups excluding carboxylic acids is 1. The molecule has 162 valence electrons. The van der Waals surface area contributed by atoms with Gasteiger partial charge in [-0.1, -0.05) is 30.3 Å². The second-order valence-electron chi connectivity index (χ2n) is 8.56. The Kier molecular flexibility index (Phi) is 7.63. The maximum atomic E-state index is 14.2. The zero-order valence-electron chi connectivity index (χ0n) is 17.4. The summed E-state index contributed by atoms with van der Waals surface area (Å²) in [6.07, 6.45) is 4.27. The van der Waals surface area contributed by atoms with Crippen LogP contribution in [0.2, 0.25) is 0 Å². The second-order valence-corrected chi connectivity index (χ2v) is 8.56. The van der Waals surface area contributed by atoms with Crippen LogP contribution in [0.4, 0.5) is 8.78 Å². The van der Waals surface area contributed by atoms with E-state index in [2.05, 4.69) is 4.90 Å². The summed E-state index contributed by atoms with van der Waals surface area (Å²) in [5.74, 6) is -2.18. The molecule has 1 saturated carbocycles. The number of hydrogen-bond acceptors (Lipinski definition) is 4. The van der Waals surface area contributed by atoms with Crippen LogP contribution in [0.25, 0.3) is 0 Å². The largest absolute Gasteiger partial charge is 0.466 e. The van der Waals surface area contributed by atoms with E-state index in [-0.39, 0.29) is 19.0 Å². The van der Waals surface area contributed by atoms with Crippen LogP contribution in [-0.2, 0) is 20.9 Å². The summed E-state index contributed by atoms with van der Waals surface area (Å²) in [5.41, 5.74) is -0.0197. The number of hydrogen-bond donors (Lipinski definition) is 0. The fraction of sp³-hybridized carbons (Fsp3) is 0.696. The molecule has 1 aliphatic heterocycles. The summed E-state index contributed by atoms with van der Waals surface area (Å²) in [6.45, 7) is 4.83. The number of carbonyl (C=O) groups is 1. The van der Waals surface area contributed by atoms with Crippen molar-refractivity contribution in [1.29, 1.82) is 0 Å². The summed E-state index contributed by atoms with van der Waals surface area (Å²) in [6, 6.07) is 9.68. The van der Waals surface area contributed by atoms with Gasteiger partial charge in [0.25, 0.3) is 5.92 Å². The minimum Gasteiger partial charge on any atom is -0.466 e. The highest BCUT2D eigenvalue weighted by molar-refractivity contribution is 5.69. The number of alkyl halides is 2. The molecule has 4 nitrogen and oxygen atoms in total. The van der Waals surface area contributed by atoms with E-state index in [0.29, 0.717) is 32.1 Å². The molecule has 3 rings (SSSR count). The van der Waals surface area contributed by atoms with Crippen LogP contribution in [0.3, 0.4) is 0 Å². The molecule has 1 heterocycles. The molecule has 6 heteroatoms. The first-order valence-electron chi connectivity index (χ1n) is 10.8. The van der Waals surface area contributed by atoms with E-state index in [4.69, 9.17) is 9.47 Å². The molecular formula is C23H33F2NO3. The molecule has 1 saturated heterocycles. The van der Waals surface area contributed by atoms with Crippen LogP contribution in [0.5, 0.6) is 0 Å². The van der Waals surface area contributed by atoms with Gasteiger partial charge in [0.15, 0.2) is 0 Å². The third-order valence-corrected chi connectivity index (χ3v) is 6.23. The van der Waals surface area contributed by atoms with Gasteiger partial charge in [-0.25, -0.2) is 8.78 Å². The van der Waals surface area contributed by atoms with Crippen molar-refractivity contribution in [2.24, 2.45) is 11.3 Å². The van der Waals surface area contributed by atoms with Gasteiger partial charge < -0.3 is 14.4 Å². The predicted molar refractivity (Wildman–Crippen MR) is 108 cm³/mol. The number of nitrogens with zero attached hydrogens (tertiary/aromatic N) is 1. The van der Waals surface area contributed by atoms with Crippen LogP contribution in [0.1, 0.15) is 51.0 Å². The minimum absolute atomic E-state index is 0.0751. The Morgan fingerprint density at radius 1 is 1.21 bits per heavy atom. The lowest BCUT2D eigenvalue weighted by Crippen LogP contribution is -2.40. The SMILES string of the molecule is CCOC(=O)CCCC1CCN(C[C@@]2(COCc3ccccc3)CC2(F)F)CC1. The Balaban J connectivity index is 1.38. The van der Waals surface area contributed by atoms with Crippen molar-refractivity contribution in [2.45, 2.75) is 58.0 Å². The number of esters is 1. The average molecular weight is 410 g/mol. The Hall–Kier alpha value is -1.53. The smallest absolute Gasteiger partial charge is 0.305 e. The molecular weight excluding hydrogens is 376 g/mol. The lowest BCUT2D eigenvalue weighted by Gasteiger charge is -2.34. The van der Waals surface area contributed by atoms with E-state index in [1.54, 1.807) is 0 Å². The molecule has 2 fully saturated rings. The Bertz CT molecular complexity index is 647. The molecule has 0 amide bonds. The first-order valence-corrected chi connectivity index (χ1v) is 10.8. The molecule has 1 aromatic carbocycles. The van der Waals surface area contributed by atoms with Crippen molar-refractivity contribution in [1.82, 2.24) is 4.90 Å². The molecule has 0 bridgehead atoms. The molecule has 0 N–H and O–H groups in total. The minimum atomic E-state index is -2.62. The maximum absolute atomic E-state index is 14.2. The van der Waals surface area contributed by atoms with Crippen molar-refractivity contribution >= 4 is 5.97 Å². The van der Waals surface area contributed by atoms with Crippen LogP contribution in [-0.4, -0.2) is 49.6 Å². The van der Waals surface area contributed by atoms with E-state index in [1.165, 1.54) is 0 Å². The molecule has 1 atom stereocenters. The van der Waals surface area contributed by atoms with Gasteiger partial charge in [-0.05, 0) is 57.2 Å². The van der Waals surface area contributed by atoms with Crippen LogP contribution >= 0.6 is 0 Å². The number of benzene rings is 1. The van der Waals surface area contributed by atoms with Gasteiger partial charge in [0, 0.05) is 19.4 Å². The van der Waals surface area contributed by atoms with Crippen molar-refractivity contribution in [2.75, 3.05) is 32.8 Å². The van der Waals surface area contributed by atoms with Crippen molar-refractivity contribution in [3.05, 3.63) is 35.9 Å². The Labute approximate surface area is 172 Å². The Morgan fingerprint density at radius 3 is 2.52 bits per heavy atom. The molecule has 0 aromatic heterocycles. The first-order chi connectivity index (χ1) is 13.9. The van der Waals surface area contributed by atoms with E-state index in [1.807, 2.05) is 37.3 Å². The summed E-state index contributed by atoms with van der Waals surface area (Å²) in [4.78, 5) is 13.6. The molecule has 1 aromatic rings. The van der Waals surface area contributed by atoms with Gasteiger partial charge in [-0.3, -0.25) is 4.79 Å². The molecule has 0 spiro atoms. The van der Waals surface area contributed by atoms with Crippen LogP contribution in [0, 0.1) is 11.3 Å². The van der Waals surface area contributed by atoms with E-state index >= 15 is 0 Å². The second kappa shape index (κ2) is 9.98. The molecule has 1 aliphatic carbocycles. The van der Waals surface area contributed by atoms with Gasteiger partial charge in [0.2, 0.25) is 0 Å². The predicted octanol–water partition coefficient (Wildman–Crippen LogP) is 4.67. The topological polar surface area (TPSA) is 38.8 Å². The van der Waals surface area contributed by atoms with E-state index in [9.17, 15) is 13.6 Å². The molecule has 0 unspecified atom stereocenters. The maximum Gasteiger partial charge on any atom is 0.305 e. The highest BCUT2D eigenvalue weighted by atomic mass is 19.3. The Morgan fingerprint density at radius 2 is 1.90 bits per heavy atom. The molecule has 2 aliphatic rings. The monoisotopic (exact) mass is 409 g/mol. The quantitative estimate of drug-likeness (QED) is 0.498. The zero-order valence-corrected chi connectivity index (χ0v) is 17.4. The average Bonchev–Trinajstić information content (AvgIpc) is 3.24. The summed E-state index contributed by atoms with van der Waals surface area (Å²) in [7, 11) is 0. The third kappa shape index (κ3) is 6.22. The van der Waals surface area contributed by atoms with Gasteiger partial charge >= 0.3 is 5.97 Å². The van der Waals surface area contributed by atoms with E-state index < -0.39 is 11.3 Å². The summed E-state index contributed by atoms with van der Waals surface area (Å²) in [5, 5.41) is 0. The van der Waals surface area contributed by atoms with Crippen molar-refractivity contribution < 1.29 is 23.0 Å². The lowest BCUT2D eigenvalue weighted by atomic mass is 9.91. The highest BCUT2D eigenvalue weighted by Gasteiger charge is 2.71. The van der Waals surface area contributed by atoms with Gasteiger partial charge in [-0.15, -0.1) is 0 Å². The number of likely N-dealkylation sites (tertiary alicyclic amines) is 1. The van der Waals surface area contributed by atoms with Crippen LogP contribution in [0.15, 0.2) is 30.3 Å². The van der Waals surface area contributed by atoms with Gasteiger partial charge in [-0.2, -0.15) is 0 Å². The number of halogens is 2. The standard InChI is InChI=1S/C23H33F2NO3/c1-2-29-21(27)10-6-9-19-11-13-26(14-12-19)17-22(16-23(22,24)25)18-28-15-20-7-4-3-5-8-20/h3-5,7-8,19H,2,6,9-18H2,1H3/t22-/m1/s1. The summed E-state index contributed by atoms with van der Waals surface area (Å²) >= 11 is 0. The van der Waals surface area contributed by atoms with Crippen molar-refractivity contribution in [3.63, 3.8) is 0 Å². The van der Waals surface area contributed by atoms with Crippen molar-refractivity contribution in [3.8, 4) is 0 Å². The number of ether oxygens (including phenoxy) is 2. The summed E-state index contributed by atoms with van der Waals surface area (Å²) < 4.78 is 39.0. The fourth-order valence-electron chi connectivity index (χ4n) is 4.32. The zero-order chi connectivity index (χ0) is 20.7. The van der Waals surface area contributed by atoms with Crippen LogP contribution < -0.4 is 0 Å². The number of rotatable bonds is 11. The molecule has 0 radical (unpaired) electrons. The lowest BCUT2D eigenvalue weighted by molar-refractivity contribution is -0.143. The normalized spacial score (nSPS) is 24.4. The highest BCUT2D eigenvalue weighted by Crippen LogP contribution is 2.61. The first kappa shape index (κ1) is 22.2. The van der Waals surface area contributed by atoms with Gasteiger partial charge in [0.05, 0.1) is 25.2 Å². The van der Waals surface area contributed by atoms with Gasteiger partial charge in [0.1, 0.15) is 0 Å². The van der Waals surface area contributed by atoms with E-state index in [0.717, 1.165) is 44.3 Å². The molecule has 29 heavy (non-hydrogen) atoms. The third-order valence-electron chi connectivity index (χ3n) is 6.23. The number of piperidine rings is 1. The fourth-order valence-corrected chi connectivity index (χ4v) is 4.32.